The van der Waals surface area contributed by atoms with Crippen LogP contribution in [0.5, 0.6) is 0 Å². The van der Waals surface area contributed by atoms with Gasteiger partial charge in [0.15, 0.2) is 17.4 Å². The van der Waals surface area contributed by atoms with Crippen LogP contribution < -0.4 is 11.3 Å². The zero-order chi connectivity index (χ0) is 19.0. The van der Waals surface area contributed by atoms with Crippen molar-refractivity contribution in [3.05, 3.63) is 52.6 Å². The number of nitrogens with zero attached hydrogens (tertiary/aromatic N) is 3. The maximum Gasteiger partial charge on any atom is 0.280 e. The average molecular weight is 371 g/mol. The van der Waals surface area contributed by atoms with Crippen LogP contribution in [0.1, 0.15) is 18.2 Å². The number of aliphatic hydroxyl groups excluding tert-OH is 2. The summed E-state index contributed by atoms with van der Waals surface area (Å²) in [5.41, 5.74) is 6.68. The van der Waals surface area contributed by atoms with Gasteiger partial charge in [-0.2, -0.15) is 4.98 Å². The number of anilines is 1. The van der Waals surface area contributed by atoms with Gasteiger partial charge in [-0.05, 0) is 18.4 Å². The molecule has 2 aromatic heterocycles. The van der Waals surface area contributed by atoms with E-state index in [1.807, 2.05) is 30.3 Å². The van der Waals surface area contributed by atoms with Gasteiger partial charge in [-0.15, -0.1) is 0 Å². The first-order valence-electron chi connectivity index (χ1n) is 8.79. The molecule has 4 rings (SSSR count). The molecule has 0 amide bonds. The fourth-order valence-corrected chi connectivity index (χ4v) is 3.66. The number of aliphatic hydroxyl groups is 2. The van der Waals surface area contributed by atoms with Gasteiger partial charge in [-0.1, -0.05) is 30.3 Å². The zero-order valence-corrected chi connectivity index (χ0v) is 14.5. The monoisotopic (exact) mass is 371 g/mol. The molecule has 142 valence electrons. The van der Waals surface area contributed by atoms with Crippen LogP contribution in [0.25, 0.3) is 11.2 Å². The van der Waals surface area contributed by atoms with Crippen molar-refractivity contribution in [3.63, 3.8) is 0 Å². The Labute approximate surface area is 154 Å². The number of nitrogen functional groups attached to an aromatic ring is 1. The Kier molecular flexibility index (Phi) is 4.65. The molecule has 1 aliphatic heterocycles. The molecule has 4 atom stereocenters. The van der Waals surface area contributed by atoms with Gasteiger partial charge < -0.3 is 20.7 Å². The normalized spacial score (nSPS) is 25.3. The Hall–Kier alpha value is -2.75. The van der Waals surface area contributed by atoms with E-state index in [1.54, 1.807) is 0 Å². The molecule has 1 aromatic carbocycles. The summed E-state index contributed by atoms with van der Waals surface area (Å²) < 4.78 is 7.38. The Bertz CT molecular complexity index is 986. The van der Waals surface area contributed by atoms with E-state index in [1.165, 1.54) is 10.9 Å². The molecule has 3 aromatic rings. The van der Waals surface area contributed by atoms with Crippen molar-refractivity contribution >= 4 is 17.1 Å². The van der Waals surface area contributed by atoms with Gasteiger partial charge in [-0.3, -0.25) is 14.3 Å². The summed E-state index contributed by atoms with van der Waals surface area (Å²) in [5, 5.41) is 20.6. The Morgan fingerprint density at radius 3 is 2.81 bits per heavy atom. The van der Waals surface area contributed by atoms with Gasteiger partial charge in [0.2, 0.25) is 5.95 Å². The number of fused-ring (bicyclic) bond motifs is 1. The van der Waals surface area contributed by atoms with E-state index >= 15 is 0 Å². The number of aryl methyl sites for hydroxylation is 1. The second kappa shape index (κ2) is 7.10. The van der Waals surface area contributed by atoms with Gasteiger partial charge in [0, 0.05) is 5.92 Å². The molecule has 1 unspecified atom stereocenters. The third-order valence-corrected chi connectivity index (χ3v) is 5.04. The Morgan fingerprint density at radius 1 is 1.30 bits per heavy atom. The predicted molar refractivity (Wildman–Crippen MR) is 97.8 cm³/mol. The zero-order valence-electron chi connectivity index (χ0n) is 14.5. The van der Waals surface area contributed by atoms with Crippen LogP contribution in [-0.4, -0.2) is 48.5 Å². The quantitative estimate of drug-likeness (QED) is 0.502. The van der Waals surface area contributed by atoms with Crippen LogP contribution in [0.2, 0.25) is 0 Å². The number of hydrogen-bond acceptors (Lipinski definition) is 7. The Morgan fingerprint density at radius 2 is 2.07 bits per heavy atom. The van der Waals surface area contributed by atoms with Crippen LogP contribution in [0.3, 0.4) is 0 Å². The van der Waals surface area contributed by atoms with Gasteiger partial charge >= 0.3 is 0 Å². The number of nitrogens with two attached hydrogens (primary N) is 1. The molecule has 5 N–H and O–H groups in total. The van der Waals surface area contributed by atoms with Crippen LogP contribution in [0.4, 0.5) is 5.95 Å². The number of hydrogen-bond donors (Lipinski definition) is 4. The fraction of sp³-hybridized carbons (Fsp3) is 0.389. The number of nitrogens with one attached hydrogen (secondary N) is 1. The summed E-state index contributed by atoms with van der Waals surface area (Å²) in [4.78, 5) is 22.5. The SMILES string of the molecule is Nc1nc2c(ncn2[C@@H]2O[C@H](CO)[C@H](CCc3ccccc3)C2O)c(=O)[nH]1. The maximum atomic E-state index is 12.0. The molecule has 1 aliphatic rings. The summed E-state index contributed by atoms with van der Waals surface area (Å²) in [5.74, 6) is -0.307. The standard InChI is InChI=1S/C18H21N5O4/c19-18-21-15-13(16(26)22-18)20-9-23(15)17-14(25)11(12(8-24)27-17)7-6-10-4-2-1-3-5-10/h1-5,9,11-12,14,17,24-25H,6-8H2,(H3,19,21,22,26)/t11-,12+,14?,17+/m0/s1. The highest BCUT2D eigenvalue weighted by Crippen LogP contribution is 2.37. The number of aromatic amines is 1. The molecule has 27 heavy (non-hydrogen) atoms. The number of imidazole rings is 1. The first kappa shape index (κ1) is 17.7. The third-order valence-electron chi connectivity index (χ3n) is 5.04. The molecular weight excluding hydrogens is 350 g/mol. The van der Waals surface area contributed by atoms with Crippen molar-refractivity contribution in [1.29, 1.82) is 0 Å². The smallest absolute Gasteiger partial charge is 0.280 e. The fourth-order valence-electron chi connectivity index (χ4n) is 3.66. The van der Waals surface area contributed by atoms with E-state index in [2.05, 4.69) is 15.0 Å². The van der Waals surface area contributed by atoms with E-state index in [-0.39, 0.29) is 29.6 Å². The van der Waals surface area contributed by atoms with Crippen LogP contribution in [0.15, 0.2) is 41.5 Å². The van der Waals surface area contributed by atoms with Crippen molar-refractivity contribution in [1.82, 2.24) is 19.5 Å². The van der Waals surface area contributed by atoms with Gasteiger partial charge in [0.25, 0.3) is 5.56 Å². The summed E-state index contributed by atoms with van der Waals surface area (Å²) in [6.45, 7) is -0.213. The van der Waals surface area contributed by atoms with Gasteiger partial charge in [0.05, 0.1) is 19.0 Å². The molecule has 1 fully saturated rings. The minimum Gasteiger partial charge on any atom is -0.394 e. The van der Waals surface area contributed by atoms with Gasteiger partial charge in [0.1, 0.15) is 6.10 Å². The second-order valence-corrected chi connectivity index (χ2v) is 6.70. The molecule has 0 spiro atoms. The van der Waals surface area contributed by atoms with E-state index in [0.29, 0.717) is 6.42 Å². The van der Waals surface area contributed by atoms with E-state index in [4.69, 9.17) is 10.5 Å². The minimum absolute atomic E-state index is 0.0407. The summed E-state index contributed by atoms with van der Waals surface area (Å²) in [6.07, 6.45) is 0.590. The average Bonchev–Trinajstić information content (AvgIpc) is 3.21. The number of ether oxygens (including phenoxy) is 1. The first-order valence-corrected chi connectivity index (χ1v) is 8.79. The van der Waals surface area contributed by atoms with E-state index in [9.17, 15) is 15.0 Å². The lowest BCUT2D eigenvalue weighted by Crippen LogP contribution is -2.28. The predicted octanol–water partition coefficient (Wildman–Crippen LogP) is 0.201. The number of rotatable bonds is 5. The van der Waals surface area contributed by atoms with Crippen molar-refractivity contribution in [3.8, 4) is 0 Å². The van der Waals surface area contributed by atoms with Crippen LogP contribution in [-0.2, 0) is 11.2 Å². The largest absolute Gasteiger partial charge is 0.394 e. The van der Waals surface area contributed by atoms with E-state index in [0.717, 1.165) is 12.0 Å². The third kappa shape index (κ3) is 3.20. The molecule has 0 aliphatic carbocycles. The molecule has 3 heterocycles. The molecule has 0 radical (unpaired) electrons. The second-order valence-electron chi connectivity index (χ2n) is 6.70. The first-order chi connectivity index (χ1) is 13.1. The lowest BCUT2D eigenvalue weighted by atomic mass is 9.91. The Balaban J connectivity index is 1.60. The number of benzene rings is 1. The number of aromatic nitrogens is 4. The molecule has 0 saturated carbocycles. The lowest BCUT2D eigenvalue weighted by Gasteiger charge is -2.19. The highest BCUT2D eigenvalue weighted by atomic mass is 16.5. The van der Waals surface area contributed by atoms with Crippen LogP contribution >= 0.6 is 0 Å². The van der Waals surface area contributed by atoms with Gasteiger partial charge in [-0.25, -0.2) is 4.98 Å². The van der Waals surface area contributed by atoms with E-state index < -0.39 is 24.0 Å². The summed E-state index contributed by atoms with van der Waals surface area (Å²) >= 11 is 0. The van der Waals surface area contributed by atoms with Crippen LogP contribution in [0, 0.1) is 5.92 Å². The molecular formula is C18H21N5O4. The molecule has 0 bridgehead atoms. The summed E-state index contributed by atoms with van der Waals surface area (Å²) in [6, 6.07) is 9.93. The van der Waals surface area contributed by atoms with Crippen molar-refractivity contribution in [2.75, 3.05) is 12.3 Å². The maximum absolute atomic E-state index is 12.0. The van der Waals surface area contributed by atoms with Crippen molar-refractivity contribution in [2.24, 2.45) is 5.92 Å². The van der Waals surface area contributed by atoms with Crippen molar-refractivity contribution in [2.45, 2.75) is 31.3 Å². The molecule has 9 nitrogen and oxygen atoms in total. The number of H-pyrrole nitrogens is 1. The summed E-state index contributed by atoms with van der Waals surface area (Å²) in [7, 11) is 0. The minimum atomic E-state index is -0.884. The molecule has 1 saturated heterocycles. The lowest BCUT2D eigenvalue weighted by molar-refractivity contribution is -0.0493. The topological polar surface area (TPSA) is 139 Å². The highest BCUT2D eigenvalue weighted by Gasteiger charge is 2.44. The van der Waals surface area contributed by atoms with Crippen molar-refractivity contribution < 1.29 is 14.9 Å². The highest BCUT2D eigenvalue weighted by molar-refractivity contribution is 5.70. The molecule has 9 heteroatoms.